The van der Waals surface area contributed by atoms with Crippen molar-refractivity contribution in [3.8, 4) is 11.5 Å². The summed E-state index contributed by atoms with van der Waals surface area (Å²) in [6, 6.07) is 8.12. The van der Waals surface area contributed by atoms with E-state index < -0.39 is 0 Å². The number of thiazole rings is 1. The van der Waals surface area contributed by atoms with Gasteiger partial charge in [-0.25, -0.2) is 9.97 Å². The van der Waals surface area contributed by atoms with Crippen LogP contribution in [0.1, 0.15) is 28.1 Å². The van der Waals surface area contributed by atoms with E-state index >= 15 is 0 Å². The Labute approximate surface area is 180 Å². The van der Waals surface area contributed by atoms with Gasteiger partial charge < -0.3 is 15.1 Å². The van der Waals surface area contributed by atoms with Crippen molar-refractivity contribution in [2.45, 2.75) is 33.4 Å². The molecular formula is C19H24IN5OS. The van der Waals surface area contributed by atoms with E-state index in [1.165, 1.54) is 10.4 Å². The number of oxazole rings is 1. The Balaban J connectivity index is 0.00000261. The first-order valence-electron chi connectivity index (χ1n) is 8.57. The third-order valence-electron chi connectivity index (χ3n) is 3.87. The number of aromatic nitrogens is 2. The van der Waals surface area contributed by atoms with Gasteiger partial charge in [0.05, 0.1) is 18.8 Å². The number of nitrogens with zero attached hydrogens (tertiary/aromatic N) is 3. The monoisotopic (exact) mass is 497 g/mol. The summed E-state index contributed by atoms with van der Waals surface area (Å²) in [6.07, 6.45) is 4.61. The summed E-state index contributed by atoms with van der Waals surface area (Å²) in [6.45, 7) is 5.38. The molecule has 0 saturated heterocycles. The van der Waals surface area contributed by atoms with E-state index in [9.17, 15) is 0 Å². The SMILES string of the molecule is CCc1cnc(CNC(=NC)NCc2coc(-c3ccc(C)cc3)n2)s1.I. The average molecular weight is 497 g/mol. The molecule has 0 saturated carbocycles. The molecule has 0 atom stereocenters. The lowest BCUT2D eigenvalue weighted by atomic mass is 10.1. The Morgan fingerprint density at radius 3 is 2.59 bits per heavy atom. The molecule has 2 heterocycles. The molecule has 0 amide bonds. The highest BCUT2D eigenvalue weighted by molar-refractivity contribution is 14.0. The highest BCUT2D eigenvalue weighted by Crippen LogP contribution is 2.19. The van der Waals surface area contributed by atoms with Crippen LogP contribution < -0.4 is 10.6 Å². The Morgan fingerprint density at radius 2 is 1.93 bits per heavy atom. The molecule has 1 aromatic carbocycles. The minimum absolute atomic E-state index is 0. The van der Waals surface area contributed by atoms with Crippen LogP contribution in [-0.4, -0.2) is 23.0 Å². The zero-order chi connectivity index (χ0) is 18.4. The zero-order valence-electron chi connectivity index (χ0n) is 15.7. The number of aliphatic imine (C=N–C) groups is 1. The van der Waals surface area contributed by atoms with Crippen LogP contribution in [0.25, 0.3) is 11.5 Å². The molecular weight excluding hydrogens is 473 g/mol. The highest BCUT2D eigenvalue weighted by atomic mass is 127. The van der Waals surface area contributed by atoms with Gasteiger partial charge in [-0.15, -0.1) is 35.3 Å². The third kappa shape index (κ3) is 6.03. The average Bonchev–Trinajstić information content (AvgIpc) is 3.32. The first-order valence-corrected chi connectivity index (χ1v) is 9.39. The van der Waals surface area contributed by atoms with Crippen molar-refractivity contribution in [3.05, 3.63) is 57.9 Å². The number of aryl methyl sites for hydroxylation is 2. The highest BCUT2D eigenvalue weighted by Gasteiger charge is 2.08. The fourth-order valence-corrected chi connectivity index (χ4v) is 3.17. The lowest BCUT2D eigenvalue weighted by Crippen LogP contribution is -2.36. The lowest BCUT2D eigenvalue weighted by molar-refractivity contribution is 0.572. The van der Waals surface area contributed by atoms with Gasteiger partial charge in [0.1, 0.15) is 11.3 Å². The molecule has 0 bridgehead atoms. The number of hydrogen-bond donors (Lipinski definition) is 2. The number of nitrogens with one attached hydrogen (secondary N) is 2. The maximum atomic E-state index is 5.58. The second-order valence-electron chi connectivity index (χ2n) is 5.86. The van der Waals surface area contributed by atoms with Crippen LogP contribution in [0.5, 0.6) is 0 Å². The molecule has 3 aromatic rings. The van der Waals surface area contributed by atoms with Crippen LogP contribution in [0.2, 0.25) is 0 Å². The molecule has 0 radical (unpaired) electrons. The van der Waals surface area contributed by atoms with E-state index in [1.807, 2.05) is 30.5 Å². The normalized spacial score (nSPS) is 11.1. The number of hydrogen-bond acceptors (Lipinski definition) is 5. The number of rotatable bonds is 6. The summed E-state index contributed by atoms with van der Waals surface area (Å²) >= 11 is 1.72. The maximum absolute atomic E-state index is 5.58. The van der Waals surface area contributed by atoms with Crippen molar-refractivity contribution >= 4 is 41.3 Å². The van der Waals surface area contributed by atoms with Gasteiger partial charge in [0.2, 0.25) is 5.89 Å². The molecule has 27 heavy (non-hydrogen) atoms. The van der Waals surface area contributed by atoms with E-state index in [1.54, 1.807) is 24.6 Å². The van der Waals surface area contributed by atoms with Gasteiger partial charge in [0, 0.05) is 23.7 Å². The summed E-state index contributed by atoms with van der Waals surface area (Å²) < 4.78 is 5.58. The Bertz CT molecular complexity index is 872. The van der Waals surface area contributed by atoms with Crippen molar-refractivity contribution in [1.82, 2.24) is 20.6 Å². The van der Waals surface area contributed by atoms with Gasteiger partial charge >= 0.3 is 0 Å². The van der Waals surface area contributed by atoms with Crippen LogP contribution in [0.4, 0.5) is 0 Å². The molecule has 0 aliphatic rings. The van der Waals surface area contributed by atoms with Crippen molar-refractivity contribution in [2.75, 3.05) is 7.05 Å². The van der Waals surface area contributed by atoms with E-state index in [-0.39, 0.29) is 24.0 Å². The molecule has 0 aliphatic heterocycles. The minimum atomic E-state index is 0. The van der Waals surface area contributed by atoms with Crippen molar-refractivity contribution in [3.63, 3.8) is 0 Å². The molecule has 0 aliphatic carbocycles. The molecule has 144 valence electrons. The van der Waals surface area contributed by atoms with Gasteiger partial charge in [-0.2, -0.15) is 0 Å². The molecule has 8 heteroatoms. The number of halogens is 1. The van der Waals surface area contributed by atoms with E-state index in [2.05, 4.69) is 39.4 Å². The number of benzene rings is 1. The summed E-state index contributed by atoms with van der Waals surface area (Å²) in [5.74, 6) is 1.33. The predicted molar refractivity (Wildman–Crippen MR) is 121 cm³/mol. The predicted octanol–water partition coefficient (Wildman–Crippen LogP) is 4.15. The summed E-state index contributed by atoms with van der Waals surface area (Å²) in [5, 5.41) is 7.56. The summed E-state index contributed by atoms with van der Waals surface area (Å²) in [4.78, 5) is 14.4. The second kappa shape index (κ2) is 10.4. The quantitative estimate of drug-likeness (QED) is 0.304. The van der Waals surface area contributed by atoms with E-state index in [4.69, 9.17) is 4.42 Å². The molecule has 6 nitrogen and oxygen atoms in total. The third-order valence-corrected chi connectivity index (χ3v) is 5.01. The second-order valence-corrected chi connectivity index (χ2v) is 7.06. The standard InChI is InChI=1S/C19H23N5OS.HI/c1-4-16-10-21-17(26-16)11-23-19(20-3)22-9-15-12-25-18(24-15)14-7-5-13(2)6-8-14;/h5-8,10,12H,4,9,11H2,1-3H3,(H2,20,22,23);1H. The lowest BCUT2D eigenvalue weighted by Gasteiger charge is -2.09. The van der Waals surface area contributed by atoms with Crippen LogP contribution >= 0.6 is 35.3 Å². The van der Waals surface area contributed by atoms with Crippen molar-refractivity contribution in [2.24, 2.45) is 4.99 Å². The smallest absolute Gasteiger partial charge is 0.226 e. The summed E-state index contributed by atoms with van der Waals surface area (Å²) in [7, 11) is 1.75. The Hall–Kier alpha value is -1.94. The van der Waals surface area contributed by atoms with Gasteiger partial charge in [-0.3, -0.25) is 4.99 Å². The summed E-state index contributed by atoms with van der Waals surface area (Å²) in [5.41, 5.74) is 3.01. The van der Waals surface area contributed by atoms with E-state index in [0.717, 1.165) is 22.7 Å². The first-order chi connectivity index (χ1) is 12.7. The van der Waals surface area contributed by atoms with Crippen molar-refractivity contribution < 1.29 is 4.42 Å². The van der Waals surface area contributed by atoms with Gasteiger partial charge in [-0.1, -0.05) is 24.6 Å². The zero-order valence-corrected chi connectivity index (χ0v) is 18.8. The molecule has 3 rings (SSSR count). The van der Waals surface area contributed by atoms with Crippen LogP contribution in [-0.2, 0) is 19.5 Å². The maximum Gasteiger partial charge on any atom is 0.226 e. The fraction of sp³-hybridized carbons (Fsp3) is 0.316. The first kappa shape index (κ1) is 21.4. The molecule has 0 unspecified atom stereocenters. The van der Waals surface area contributed by atoms with Gasteiger partial charge in [0.15, 0.2) is 5.96 Å². The van der Waals surface area contributed by atoms with Gasteiger partial charge in [-0.05, 0) is 25.5 Å². The Kier molecular flexibility index (Phi) is 8.23. The molecule has 0 spiro atoms. The molecule has 0 fully saturated rings. The van der Waals surface area contributed by atoms with Gasteiger partial charge in [0.25, 0.3) is 0 Å². The van der Waals surface area contributed by atoms with Crippen molar-refractivity contribution in [1.29, 1.82) is 0 Å². The minimum Gasteiger partial charge on any atom is -0.444 e. The van der Waals surface area contributed by atoms with E-state index in [0.29, 0.717) is 24.9 Å². The van der Waals surface area contributed by atoms with Crippen LogP contribution in [0.15, 0.2) is 46.1 Å². The Morgan fingerprint density at radius 1 is 1.19 bits per heavy atom. The topological polar surface area (TPSA) is 75.3 Å². The molecule has 2 N–H and O–H groups in total. The van der Waals surface area contributed by atoms with Crippen LogP contribution in [0.3, 0.4) is 0 Å². The number of guanidine groups is 1. The van der Waals surface area contributed by atoms with Crippen LogP contribution in [0, 0.1) is 6.92 Å². The molecule has 2 aromatic heterocycles. The fourth-order valence-electron chi connectivity index (χ4n) is 2.36. The largest absolute Gasteiger partial charge is 0.444 e.